The lowest BCUT2D eigenvalue weighted by Crippen LogP contribution is -2.40. The van der Waals surface area contributed by atoms with Crippen molar-refractivity contribution in [1.82, 2.24) is 9.80 Å². The van der Waals surface area contributed by atoms with Crippen LogP contribution in [0.4, 0.5) is 24.5 Å². The second-order valence-electron chi connectivity index (χ2n) is 15.5. The monoisotopic (exact) mass is 768 g/mol. The van der Waals surface area contributed by atoms with E-state index in [0.29, 0.717) is 66.5 Å². The first-order valence-corrected chi connectivity index (χ1v) is 19.7. The maximum absolute atomic E-state index is 15.9. The number of rotatable bonds is 12. The van der Waals surface area contributed by atoms with Crippen LogP contribution in [0.15, 0.2) is 66.7 Å². The van der Waals surface area contributed by atoms with E-state index in [1.54, 1.807) is 30.3 Å². The molecule has 0 saturated carbocycles. The molecular weight excluding hydrogens is 722 g/mol. The topological polar surface area (TPSA) is 92.4 Å². The summed E-state index contributed by atoms with van der Waals surface area (Å²) < 4.78 is 63.8. The molecule has 2 amide bonds. The molecule has 12 heteroatoms. The third-order valence-corrected chi connectivity index (χ3v) is 11.4. The second-order valence-corrected chi connectivity index (χ2v) is 15.5. The highest BCUT2D eigenvalue weighted by Gasteiger charge is 2.32. The highest BCUT2D eigenvalue weighted by atomic mass is 19.1. The number of likely N-dealkylation sites (tertiary alicyclic amines) is 2. The van der Waals surface area contributed by atoms with E-state index < -0.39 is 23.6 Å². The molecule has 2 saturated heterocycles. The average molecular weight is 769 g/mol. The van der Waals surface area contributed by atoms with Crippen LogP contribution >= 0.6 is 0 Å². The van der Waals surface area contributed by atoms with Crippen LogP contribution in [0.1, 0.15) is 74.7 Å². The molecule has 4 aromatic rings. The van der Waals surface area contributed by atoms with Gasteiger partial charge in [-0.2, -0.15) is 0 Å². The first kappa shape index (κ1) is 37.8. The molecule has 294 valence electrons. The minimum Gasteiger partial charge on any atom is -0.492 e. The molecule has 2 N–H and O–H groups in total. The van der Waals surface area contributed by atoms with Crippen LogP contribution in [0.2, 0.25) is 0 Å². The van der Waals surface area contributed by atoms with E-state index in [9.17, 15) is 14.0 Å². The van der Waals surface area contributed by atoms with E-state index in [1.165, 1.54) is 18.2 Å². The highest BCUT2D eigenvalue weighted by Crippen LogP contribution is 2.39. The van der Waals surface area contributed by atoms with Gasteiger partial charge in [0.15, 0.2) is 17.7 Å². The average Bonchev–Trinajstić information content (AvgIpc) is 3.84. The van der Waals surface area contributed by atoms with E-state index in [0.717, 1.165) is 55.5 Å². The molecule has 3 atom stereocenters. The van der Waals surface area contributed by atoms with Gasteiger partial charge in [0.25, 0.3) is 5.91 Å². The van der Waals surface area contributed by atoms with Gasteiger partial charge in [-0.3, -0.25) is 19.4 Å². The maximum Gasteiger partial charge on any atom is 0.265 e. The Balaban J connectivity index is 0.891. The van der Waals surface area contributed by atoms with Gasteiger partial charge >= 0.3 is 0 Å². The number of nitrogens with one attached hydrogen (secondary N) is 2. The molecular formula is C44H47F3N4O5. The fraction of sp³-hybridized carbons (Fsp3) is 0.409. The fourth-order valence-corrected chi connectivity index (χ4v) is 8.55. The van der Waals surface area contributed by atoms with Crippen LogP contribution in [0, 0.1) is 23.4 Å². The van der Waals surface area contributed by atoms with Crippen LogP contribution in [-0.4, -0.2) is 67.1 Å². The van der Waals surface area contributed by atoms with Gasteiger partial charge < -0.3 is 24.8 Å². The lowest BCUT2D eigenvalue weighted by molar-refractivity contribution is -0.125. The van der Waals surface area contributed by atoms with Crippen molar-refractivity contribution >= 4 is 23.2 Å². The van der Waals surface area contributed by atoms with Crippen LogP contribution in [0.5, 0.6) is 17.2 Å². The number of amides is 2. The Labute approximate surface area is 325 Å². The predicted octanol–water partition coefficient (Wildman–Crippen LogP) is 8.44. The van der Waals surface area contributed by atoms with Crippen LogP contribution in [0.3, 0.4) is 0 Å². The number of anilines is 2. The third-order valence-electron chi connectivity index (χ3n) is 11.4. The van der Waals surface area contributed by atoms with E-state index in [4.69, 9.17) is 14.2 Å². The Hall–Kier alpha value is -5.07. The number of hydrogen-bond acceptors (Lipinski definition) is 7. The summed E-state index contributed by atoms with van der Waals surface area (Å²) in [5.74, 6) is -0.216. The molecule has 4 heterocycles. The summed E-state index contributed by atoms with van der Waals surface area (Å²) in [6, 6.07) is 18.4. The number of benzene rings is 4. The van der Waals surface area contributed by atoms with Crippen molar-refractivity contribution in [3.05, 3.63) is 101 Å². The zero-order valence-corrected chi connectivity index (χ0v) is 31.7. The number of aryl methyl sites for hydroxylation is 1. The highest BCUT2D eigenvalue weighted by molar-refractivity contribution is 5.98. The first-order chi connectivity index (χ1) is 27.1. The lowest BCUT2D eigenvalue weighted by atomic mass is 9.95. The lowest BCUT2D eigenvalue weighted by Gasteiger charge is -2.28. The molecule has 9 nitrogen and oxygen atoms in total. The number of nitrogens with zero attached hydrogens (tertiary/aromatic N) is 2. The van der Waals surface area contributed by atoms with E-state index in [2.05, 4.69) is 20.4 Å². The summed E-state index contributed by atoms with van der Waals surface area (Å²) in [7, 11) is 0. The number of carbonyl (C=O) groups excluding carboxylic acids is 2. The van der Waals surface area contributed by atoms with Gasteiger partial charge in [-0.05, 0) is 116 Å². The van der Waals surface area contributed by atoms with Crippen LogP contribution in [0.25, 0.3) is 11.1 Å². The summed E-state index contributed by atoms with van der Waals surface area (Å²) in [6.07, 6.45) is 3.93. The molecule has 56 heavy (non-hydrogen) atoms. The number of ether oxygens (including phenoxy) is 3. The number of carbonyl (C=O) groups is 2. The van der Waals surface area contributed by atoms with Gasteiger partial charge in [-0.15, -0.1) is 0 Å². The second kappa shape index (κ2) is 16.2. The number of hydrogen-bond donors (Lipinski definition) is 2. The van der Waals surface area contributed by atoms with Crippen molar-refractivity contribution < 1.29 is 37.0 Å². The van der Waals surface area contributed by atoms with Crippen molar-refractivity contribution in [3.8, 4) is 28.4 Å². The van der Waals surface area contributed by atoms with Gasteiger partial charge in [0.2, 0.25) is 5.91 Å². The summed E-state index contributed by atoms with van der Waals surface area (Å²) in [5, 5.41) is 5.60. The molecule has 0 aliphatic carbocycles. The number of halogens is 3. The first-order valence-electron chi connectivity index (χ1n) is 19.7. The number of fused-ring (bicyclic) bond motifs is 2. The molecule has 0 radical (unpaired) electrons. The summed E-state index contributed by atoms with van der Waals surface area (Å²) >= 11 is 0. The Kier molecular flexibility index (Phi) is 10.9. The Morgan fingerprint density at radius 2 is 1.52 bits per heavy atom. The molecule has 4 aliphatic rings. The maximum atomic E-state index is 15.9. The largest absolute Gasteiger partial charge is 0.492 e. The smallest absolute Gasteiger partial charge is 0.265 e. The third kappa shape index (κ3) is 8.08. The zero-order chi connectivity index (χ0) is 38.9. The Morgan fingerprint density at radius 1 is 0.768 bits per heavy atom. The molecule has 4 aromatic carbocycles. The van der Waals surface area contributed by atoms with Crippen molar-refractivity contribution in [2.75, 3.05) is 50.0 Å². The molecule has 2 fully saturated rings. The molecule has 0 spiro atoms. The van der Waals surface area contributed by atoms with Gasteiger partial charge in [-0.1, -0.05) is 26.0 Å². The van der Waals surface area contributed by atoms with E-state index in [1.807, 2.05) is 32.0 Å². The zero-order valence-electron chi connectivity index (χ0n) is 31.7. The summed E-state index contributed by atoms with van der Waals surface area (Å²) in [5.41, 5.74) is 4.43. The molecule has 0 aromatic heterocycles. The standard InChI is InChI=1S/C44H47F3N4O5/c1-26(2)43-44(53)49-36-11-9-32(24-41(36)56-43)54-17-15-50-13-3-5-38(50)28-7-10-33(34(46)22-28)29-19-30(21-31(45)20-29)39-6-4-14-51(39)16-18-55-40-23-27-8-12-42(52)48-37(27)25-35(40)47/h7,9-11,19-26,38-39,43H,3-6,8,12-18H2,1-2H3,(H,48,52)(H,49,53). The van der Waals surface area contributed by atoms with Gasteiger partial charge in [-0.25, -0.2) is 13.2 Å². The van der Waals surface area contributed by atoms with Crippen molar-refractivity contribution in [1.29, 1.82) is 0 Å². The summed E-state index contributed by atoms with van der Waals surface area (Å²) in [6.45, 7) is 7.36. The van der Waals surface area contributed by atoms with Gasteiger partial charge in [0, 0.05) is 55.0 Å². The van der Waals surface area contributed by atoms with Crippen molar-refractivity contribution in [2.45, 2.75) is 70.6 Å². The Bertz CT molecular complexity index is 2130. The SMILES string of the molecule is CC(C)C1Oc2cc(OCCN3CCCC3c3ccc(-c4cc(F)cc(C5CCCN5CCOc5cc6c(cc5F)NC(=O)CC6)c4)c(F)c3)ccc2NC1=O. The van der Waals surface area contributed by atoms with E-state index in [-0.39, 0.29) is 42.2 Å². The Morgan fingerprint density at radius 3 is 2.27 bits per heavy atom. The van der Waals surface area contributed by atoms with Crippen LogP contribution < -0.4 is 24.8 Å². The molecule has 3 unspecified atom stereocenters. The van der Waals surface area contributed by atoms with Gasteiger partial charge in [0.05, 0.1) is 5.69 Å². The molecule has 0 bridgehead atoms. The minimum absolute atomic E-state index is 0.0287. The molecule has 8 rings (SSSR count). The molecule has 4 aliphatic heterocycles. The quantitative estimate of drug-likeness (QED) is 0.150. The van der Waals surface area contributed by atoms with Crippen molar-refractivity contribution in [3.63, 3.8) is 0 Å². The van der Waals surface area contributed by atoms with Crippen molar-refractivity contribution in [2.24, 2.45) is 5.92 Å². The van der Waals surface area contributed by atoms with Crippen LogP contribution in [-0.2, 0) is 16.0 Å². The summed E-state index contributed by atoms with van der Waals surface area (Å²) in [4.78, 5) is 28.5. The fourth-order valence-electron chi connectivity index (χ4n) is 8.55. The van der Waals surface area contributed by atoms with Gasteiger partial charge in [0.1, 0.15) is 36.3 Å². The minimum atomic E-state index is -0.554. The normalized spacial score (nSPS) is 21.0. The predicted molar refractivity (Wildman–Crippen MR) is 208 cm³/mol. The van der Waals surface area contributed by atoms with E-state index >= 15 is 8.78 Å².